The van der Waals surface area contributed by atoms with E-state index in [0.717, 1.165) is 0 Å². The van der Waals surface area contributed by atoms with E-state index in [1.807, 2.05) is 0 Å². The second-order valence-electron chi connectivity index (χ2n) is 4.86. The molecule has 0 bridgehead atoms. The molecule has 3 nitrogen and oxygen atoms in total. The fourth-order valence-corrected chi connectivity index (χ4v) is 2.89. The summed E-state index contributed by atoms with van der Waals surface area (Å²) in [5.41, 5.74) is 0. The molecule has 2 aliphatic rings. The topological polar surface area (TPSA) is 26.7 Å². The number of nitrogens with zero attached hydrogens (tertiary/aromatic N) is 2. The van der Waals surface area contributed by atoms with Crippen molar-refractivity contribution in [1.82, 2.24) is 9.80 Å². The Balaban J connectivity index is 1.88. The van der Waals surface area contributed by atoms with E-state index in [0.29, 0.717) is 12.8 Å². The van der Waals surface area contributed by atoms with E-state index < -0.39 is 0 Å². The summed E-state index contributed by atoms with van der Waals surface area (Å²) in [6.07, 6.45) is 8.29. The normalized spacial score (nSPS) is 26.0. The molecule has 3 heteroatoms. The second kappa shape index (κ2) is 5.83. The quantitative estimate of drug-likeness (QED) is 0.763. The third kappa shape index (κ3) is 2.92. The summed E-state index contributed by atoms with van der Waals surface area (Å²) < 4.78 is 0. The lowest BCUT2D eigenvalue weighted by molar-refractivity contribution is -0.0168. The van der Waals surface area contributed by atoms with Gasteiger partial charge in [-0.2, -0.15) is 0 Å². The van der Waals surface area contributed by atoms with Crippen molar-refractivity contribution in [1.29, 1.82) is 0 Å². The Bertz CT molecular complexity index is 156. The molecular formula is C12H24N2O. The van der Waals surface area contributed by atoms with Crippen molar-refractivity contribution < 1.29 is 5.11 Å². The highest BCUT2D eigenvalue weighted by Crippen LogP contribution is 2.18. The molecule has 2 saturated heterocycles. The van der Waals surface area contributed by atoms with E-state index in [9.17, 15) is 5.11 Å². The van der Waals surface area contributed by atoms with E-state index in [-0.39, 0.29) is 0 Å². The molecule has 0 radical (unpaired) electrons. The minimum Gasteiger partial charge on any atom is -0.393 e. The van der Waals surface area contributed by atoms with Crippen molar-refractivity contribution >= 4 is 0 Å². The SMILES string of the molecule is OCC(N1CCCCC1)N1CCCCC1. The first kappa shape index (κ1) is 11.4. The predicted molar refractivity (Wildman–Crippen MR) is 61.7 cm³/mol. The van der Waals surface area contributed by atoms with Crippen LogP contribution in [-0.2, 0) is 0 Å². The zero-order chi connectivity index (χ0) is 10.5. The van der Waals surface area contributed by atoms with E-state index in [2.05, 4.69) is 9.80 Å². The molecule has 0 aromatic heterocycles. The summed E-state index contributed by atoms with van der Waals surface area (Å²) in [4.78, 5) is 4.96. The number of hydrogen-bond donors (Lipinski definition) is 1. The minimum absolute atomic E-state index is 0.306. The van der Waals surface area contributed by atoms with Crippen LogP contribution in [0.4, 0.5) is 0 Å². The van der Waals surface area contributed by atoms with Gasteiger partial charge in [0.15, 0.2) is 0 Å². The molecule has 2 heterocycles. The van der Waals surface area contributed by atoms with Crippen LogP contribution in [0.3, 0.4) is 0 Å². The molecule has 2 rings (SSSR count). The fourth-order valence-electron chi connectivity index (χ4n) is 2.89. The van der Waals surface area contributed by atoms with Crippen LogP contribution >= 0.6 is 0 Å². The first-order chi connectivity index (χ1) is 7.42. The highest BCUT2D eigenvalue weighted by atomic mass is 16.3. The molecule has 0 aromatic rings. The zero-order valence-corrected chi connectivity index (χ0v) is 9.70. The van der Waals surface area contributed by atoms with Crippen LogP contribution in [0.5, 0.6) is 0 Å². The average Bonchev–Trinajstić information content (AvgIpc) is 2.33. The average molecular weight is 212 g/mol. The maximum absolute atomic E-state index is 9.55. The largest absolute Gasteiger partial charge is 0.393 e. The van der Waals surface area contributed by atoms with Gasteiger partial charge in [-0.1, -0.05) is 12.8 Å². The summed E-state index contributed by atoms with van der Waals surface area (Å²) in [6, 6.07) is 0. The number of hydrogen-bond acceptors (Lipinski definition) is 3. The van der Waals surface area contributed by atoms with Crippen molar-refractivity contribution in [2.75, 3.05) is 32.8 Å². The molecule has 0 spiro atoms. The van der Waals surface area contributed by atoms with Crippen molar-refractivity contribution in [3.63, 3.8) is 0 Å². The fraction of sp³-hybridized carbons (Fsp3) is 1.00. The van der Waals surface area contributed by atoms with Crippen molar-refractivity contribution in [3.05, 3.63) is 0 Å². The minimum atomic E-state index is 0.306. The van der Waals surface area contributed by atoms with Gasteiger partial charge in [0.2, 0.25) is 0 Å². The van der Waals surface area contributed by atoms with Gasteiger partial charge in [0.25, 0.3) is 0 Å². The summed E-state index contributed by atoms with van der Waals surface area (Å²) in [5.74, 6) is 0. The maximum Gasteiger partial charge on any atom is 0.0861 e. The van der Waals surface area contributed by atoms with Crippen molar-refractivity contribution in [2.45, 2.75) is 44.7 Å². The maximum atomic E-state index is 9.55. The number of piperidine rings is 2. The number of aliphatic hydroxyl groups is 1. The number of aliphatic hydroxyl groups excluding tert-OH is 1. The molecule has 0 unspecified atom stereocenters. The molecule has 0 aromatic carbocycles. The second-order valence-corrected chi connectivity index (χ2v) is 4.86. The van der Waals surface area contributed by atoms with Crippen LogP contribution in [-0.4, -0.2) is 53.9 Å². The Morgan fingerprint density at radius 3 is 1.47 bits per heavy atom. The summed E-state index contributed by atoms with van der Waals surface area (Å²) in [6.45, 7) is 5.03. The van der Waals surface area contributed by atoms with Gasteiger partial charge >= 0.3 is 0 Å². The van der Waals surface area contributed by atoms with Gasteiger partial charge in [-0.05, 0) is 51.9 Å². The lowest BCUT2D eigenvalue weighted by Crippen LogP contribution is -2.53. The van der Waals surface area contributed by atoms with Crippen LogP contribution < -0.4 is 0 Å². The predicted octanol–water partition coefficient (Wildman–Crippen LogP) is 1.28. The third-order valence-corrected chi connectivity index (χ3v) is 3.79. The van der Waals surface area contributed by atoms with E-state index in [1.165, 1.54) is 64.7 Å². The Hall–Kier alpha value is -0.120. The molecule has 88 valence electrons. The molecule has 0 atom stereocenters. The first-order valence-corrected chi connectivity index (χ1v) is 6.51. The standard InChI is InChI=1S/C12H24N2O/c15-11-12(13-7-3-1-4-8-13)14-9-5-2-6-10-14/h12,15H,1-11H2. The van der Waals surface area contributed by atoms with Crippen molar-refractivity contribution in [2.24, 2.45) is 0 Å². The van der Waals surface area contributed by atoms with Crippen LogP contribution in [0.2, 0.25) is 0 Å². The van der Waals surface area contributed by atoms with Crippen LogP contribution in [0, 0.1) is 0 Å². The van der Waals surface area contributed by atoms with Crippen LogP contribution in [0.25, 0.3) is 0 Å². The van der Waals surface area contributed by atoms with Gasteiger partial charge in [0.1, 0.15) is 0 Å². The molecule has 2 aliphatic heterocycles. The lowest BCUT2D eigenvalue weighted by Gasteiger charge is -2.42. The van der Waals surface area contributed by atoms with Crippen molar-refractivity contribution in [3.8, 4) is 0 Å². The summed E-state index contributed by atoms with van der Waals surface area (Å²) in [7, 11) is 0. The Morgan fingerprint density at radius 1 is 0.733 bits per heavy atom. The Kier molecular flexibility index (Phi) is 4.42. The smallest absolute Gasteiger partial charge is 0.0861 e. The lowest BCUT2D eigenvalue weighted by atomic mass is 10.1. The van der Waals surface area contributed by atoms with Crippen LogP contribution in [0.1, 0.15) is 38.5 Å². The number of likely N-dealkylation sites (tertiary alicyclic amines) is 2. The van der Waals surface area contributed by atoms with Gasteiger partial charge in [-0.25, -0.2) is 0 Å². The van der Waals surface area contributed by atoms with E-state index in [1.54, 1.807) is 0 Å². The van der Waals surface area contributed by atoms with Gasteiger partial charge in [0, 0.05) is 0 Å². The van der Waals surface area contributed by atoms with E-state index in [4.69, 9.17) is 0 Å². The molecule has 1 N–H and O–H groups in total. The summed E-state index contributed by atoms with van der Waals surface area (Å²) in [5, 5.41) is 9.55. The van der Waals surface area contributed by atoms with E-state index >= 15 is 0 Å². The molecule has 2 fully saturated rings. The Labute approximate surface area is 93.1 Å². The highest BCUT2D eigenvalue weighted by molar-refractivity contribution is 4.77. The molecule has 0 saturated carbocycles. The van der Waals surface area contributed by atoms with Gasteiger partial charge in [0.05, 0.1) is 12.8 Å². The molecule has 0 aliphatic carbocycles. The van der Waals surface area contributed by atoms with Gasteiger partial charge in [-0.3, -0.25) is 9.80 Å². The Morgan fingerprint density at radius 2 is 1.13 bits per heavy atom. The first-order valence-electron chi connectivity index (χ1n) is 6.51. The van der Waals surface area contributed by atoms with Crippen LogP contribution in [0.15, 0.2) is 0 Å². The summed E-state index contributed by atoms with van der Waals surface area (Å²) >= 11 is 0. The van der Waals surface area contributed by atoms with Gasteiger partial charge in [-0.15, -0.1) is 0 Å². The molecule has 15 heavy (non-hydrogen) atoms. The third-order valence-electron chi connectivity index (χ3n) is 3.79. The number of rotatable bonds is 3. The van der Waals surface area contributed by atoms with Gasteiger partial charge < -0.3 is 5.11 Å². The monoisotopic (exact) mass is 212 g/mol. The highest BCUT2D eigenvalue weighted by Gasteiger charge is 2.26. The molecular weight excluding hydrogens is 188 g/mol. The zero-order valence-electron chi connectivity index (χ0n) is 9.70. The molecule has 0 amide bonds.